The van der Waals surface area contributed by atoms with Gasteiger partial charge in [0, 0.05) is 0 Å². The average Bonchev–Trinajstić information content (AvgIpc) is 3.37. The van der Waals surface area contributed by atoms with E-state index in [1.54, 1.807) is 16.8 Å². The first-order valence-corrected chi connectivity index (χ1v) is 9.74. The Bertz CT molecular complexity index is 1100. The first-order valence-electron chi connectivity index (χ1n) is 8.86. The summed E-state index contributed by atoms with van der Waals surface area (Å²) >= 11 is 1.43. The molecule has 0 unspecified atom stereocenters. The summed E-state index contributed by atoms with van der Waals surface area (Å²) in [4.78, 5) is 13.1. The minimum atomic E-state index is -0.0347. The van der Waals surface area contributed by atoms with E-state index in [9.17, 15) is 4.79 Å². The molecule has 0 bridgehead atoms. The van der Waals surface area contributed by atoms with Crippen LogP contribution in [0, 0.1) is 6.92 Å². The van der Waals surface area contributed by atoms with Crippen LogP contribution in [-0.2, 0) is 0 Å². The summed E-state index contributed by atoms with van der Waals surface area (Å²) in [7, 11) is 0. The van der Waals surface area contributed by atoms with Crippen molar-refractivity contribution in [2.75, 3.05) is 0 Å². The molecule has 4 rings (SSSR count). The van der Waals surface area contributed by atoms with Gasteiger partial charge < -0.3 is 4.74 Å². The largest absolute Gasteiger partial charge is 0.438 e. The molecule has 2 aromatic heterocycles. The zero-order valence-electron chi connectivity index (χ0n) is 15.3. The Balaban J connectivity index is 1.76. The predicted octanol–water partition coefficient (Wildman–Crippen LogP) is 5.93. The molecule has 0 spiro atoms. The van der Waals surface area contributed by atoms with Crippen LogP contribution in [0.3, 0.4) is 0 Å². The summed E-state index contributed by atoms with van der Waals surface area (Å²) in [5, 5.41) is 6.54. The molecule has 0 saturated carbocycles. The van der Waals surface area contributed by atoms with Crippen molar-refractivity contribution in [1.82, 2.24) is 9.78 Å². The van der Waals surface area contributed by atoms with Crippen molar-refractivity contribution in [3.8, 4) is 17.3 Å². The highest BCUT2D eigenvalue weighted by Gasteiger charge is 2.17. The van der Waals surface area contributed by atoms with Crippen molar-refractivity contribution in [3.05, 3.63) is 100 Å². The fraction of sp³-hybridized carbons (Fsp3) is 0.0435. The number of carbonyl (C=O) groups is 1. The first-order chi connectivity index (χ1) is 13.7. The molecule has 0 atom stereocenters. The van der Waals surface area contributed by atoms with Gasteiger partial charge in [-0.05, 0) is 54.8 Å². The summed E-state index contributed by atoms with van der Waals surface area (Å²) in [5.41, 5.74) is 2.45. The van der Waals surface area contributed by atoms with E-state index < -0.39 is 0 Å². The van der Waals surface area contributed by atoms with E-state index >= 15 is 0 Å². The second kappa shape index (κ2) is 8.06. The maximum Gasteiger partial charge on any atom is 0.230 e. The fourth-order valence-electron chi connectivity index (χ4n) is 2.81. The van der Waals surface area contributed by atoms with E-state index in [-0.39, 0.29) is 5.78 Å². The second-order valence-electron chi connectivity index (χ2n) is 6.14. The third-order valence-corrected chi connectivity index (χ3v) is 5.07. The number of hydrogen-bond acceptors (Lipinski definition) is 4. The van der Waals surface area contributed by atoms with E-state index in [1.165, 1.54) is 11.3 Å². The number of para-hydroxylation sites is 2. The molecule has 4 nitrogen and oxygen atoms in total. The van der Waals surface area contributed by atoms with E-state index in [1.807, 2.05) is 85.1 Å². The lowest BCUT2D eigenvalue weighted by Crippen LogP contribution is -2.00. The molecule has 0 fully saturated rings. The van der Waals surface area contributed by atoms with E-state index in [2.05, 4.69) is 5.10 Å². The zero-order chi connectivity index (χ0) is 19.3. The maximum atomic E-state index is 12.4. The lowest BCUT2D eigenvalue weighted by atomic mass is 10.2. The van der Waals surface area contributed by atoms with Crippen LogP contribution in [0.2, 0.25) is 0 Å². The Labute approximate surface area is 167 Å². The van der Waals surface area contributed by atoms with Crippen molar-refractivity contribution in [3.63, 3.8) is 0 Å². The van der Waals surface area contributed by atoms with Crippen molar-refractivity contribution in [1.29, 1.82) is 0 Å². The van der Waals surface area contributed by atoms with Gasteiger partial charge in [-0.2, -0.15) is 9.78 Å². The Morgan fingerprint density at radius 1 is 1.00 bits per heavy atom. The quantitative estimate of drug-likeness (QED) is 0.305. The van der Waals surface area contributed by atoms with Crippen LogP contribution in [0.4, 0.5) is 0 Å². The van der Waals surface area contributed by atoms with E-state index in [4.69, 9.17) is 4.74 Å². The second-order valence-corrected chi connectivity index (χ2v) is 7.09. The molecule has 0 amide bonds. The molecule has 138 valence electrons. The van der Waals surface area contributed by atoms with Gasteiger partial charge >= 0.3 is 0 Å². The standard InChI is InChI=1S/C23H18N2O2S/c1-17-20(14-15-21(26)22-13-8-16-28-22)23(27-19-11-6-3-7-12-19)25(24-17)18-9-4-2-5-10-18/h2-16H,1H3/b15-14+. The Morgan fingerprint density at radius 3 is 2.39 bits per heavy atom. The third kappa shape index (κ3) is 3.80. The number of benzene rings is 2. The molecule has 0 aliphatic rings. The highest BCUT2D eigenvalue weighted by Crippen LogP contribution is 2.31. The number of aryl methyl sites for hydroxylation is 1. The molecule has 0 saturated heterocycles. The van der Waals surface area contributed by atoms with Gasteiger partial charge in [-0.25, -0.2) is 0 Å². The molecular formula is C23H18N2O2S. The molecule has 5 heteroatoms. The van der Waals surface area contributed by atoms with E-state index in [0.29, 0.717) is 16.5 Å². The molecule has 2 aromatic carbocycles. The van der Waals surface area contributed by atoms with Gasteiger partial charge in [0.2, 0.25) is 5.88 Å². The molecule has 4 aromatic rings. The monoisotopic (exact) mass is 386 g/mol. The molecule has 0 aliphatic heterocycles. The molecular weight excluding hydrogens is 368 g/mol. The molecule has 0 N–H and O–H groups in total. The Kier molecular flexibility index (Phi) is 5.17. The number of rotatable bonds is 6. The number of ketones is 1. The van der Waals surface area contributed by atoms with E-state index in [0.717, 1.165) is 16.9 Å². The molecule has 2 heterocycles. The smallest absolute Gasteiger partial charge is 0.230 e. The number of ether oxygens (including phenoxy) is 1. The van der Waals surface area contributed by atoms with Gasteiger partial charge in [-0.15, -0.1) is 11.3 Å². The highest BCUT2D eigenvalue weighted by molar-refractivity contribution is 7.12. The lowest BCUT2D eigenvalue weighted by molar-refractivity contribution is 0.105. The van der Waals surface area contributed by atoms with Crippen LogP contribution < -0.4 is 4.74 Å². The molecule has 28 heavy (non-hydrogen) atoms. The van der Waals surface area contributed by atoms with Gasteiger partial charge in [0.1, 0.15) is 5.75 Å². The minimum absolute atomic E-state index is 0.0347. The van der Waals surface area contributed by atoms with Crippen molar-refractivity contribution < 1.29 is 9.53 Å². The number of carbonyl (C=O) groups excluding carboxylic acids is 1. The summed E-state index contributed by atoms with van der Waals surface area (Å²) in [6.45, 7) is 1.91. The topological polar surface area (TPSA) is 44.1 Å². The lowest BCUT2D eigenvalue weighted by Gasteiger charge is -2.10. The van der Waals surface area contributed by atoms with Crippen molar-refractivity contribution in [2.24, 2.45) is 0 Å². The van der Waals surface area contributed by atoms with Gasteiger partial charge in [-0.3, -0.25) is 4.79 Å². The normalized spacial score (nSPS) is 11.0. The third-order valence-electron chi connectivity index (χ3n) is 4.19. The number of nitrogens with zero attached hydrogens (tertiary/aromatic N) is 2. The maximum absolute atomic E-state index is 12.4. The zero-order valence-corrected chi connectivity index (χ0v) is 16.1. The summed E-state index contributed by atoms with van der Waals surface area (Å²) < 4.78 is 7.94. The highest BCUT2D eigenvalue weighted by atomic mass is 32.1. The van der Waals surface area contributed by atoms with Gasteiger partial charge in [0.05, 0.1) is 21.8 Å². The Hall–Kier alpha value is -3.44. The SMILES string of the molecule is Cc1nn(-c2ccccc2)c(Oc2ccccc2)c1/C=C/C(=O)c1cccs1. The fourth-order valence-corrected chi connectivity index (χ4v) is 3.46. The number of thiophene rings is 1. The predicted molar refractivity (Wildman–Crippen MR) is 113 cm³/mol. The van der Waals surface area contributed by atoms with Crippen LogP contribution in [0.5, 0.6) is 11.6 Å². The molecule has 0 radical (unpaired) electrons. The van der Waals surface area contributed by atoms with Crippen LogP contribution >= 0.6 is 11.3 Å². The number of hydrogen-bond donors (Lipinski definition) is 0. The van der Waals surface area contributed by atoms with Crippen molar-refractivity contribution in [2.45, 2.75) is 6.92 Å². The van der Waals surface area contributed by atoms with Crippen LogP contribution in [0.25, 0.3) is 11.8 Å². The Morgan fingerprint density at radius 2 is 1.71 bits per heavy atom. The van der Waals surface area contributed by atoms with Crippen LogP contribution in [-0.4, -0.2) is 15.6 Å². The van der Waals surface area contributed by atoms with Gasteiger partial charge in [-0.1, -0.05) is 42.5 Å². The summed E-state index contributed by atoms with van der Waals surface area (Å²) in [6, 6.07) is 23.0. The summed E-state index contributed by atoms with van der Waals surface area (Å²) in [6.07, 6.45) is 3.35. The molecule has 0 aliphatic carbocycles. The minimum Gasteiger partial charge on any atom is -0.438 e. The average molecular weight is 386 g/mol. The summed E-state index contributed by atoms with van der Waals surface area (Å²) in [5.74, 6) is 1.25. The van der Waals surface area contributed by atoms with Crippen LogP contribution in [0.15, 0.2) is 84.3 Å². The van der Waals surface area contributed by atoms with Gasteiger partial charge in [0.25, 0.3) is 0 Å². The first kappa shape index (κ1) is 17.9. The number of allylic oxidation sites excluding steroid dienone is 1. The number of aromatic nitrogens is 2. The van der Waals surface area contributed by atoms with Crippen molar-refractivity contribution >= 4 is 23.2 Å². The van der Waals surface area contributed by atoms with Gasteiger partial charge in [0.15, 0.2) is 5.78 Å². The van der Waals surface area contributed by atoms with Crippen LogP contribution in [0.1, 0.15) is 20.9 Å².